The van der Waals surface area contributed by atoms with Crippen LogP contribution in [0.25, 0.3) is 0 Å². The maximum atomic E-state index is 14.4. The van der Waals surface area contributed by atoms with Gasteiger partial charge in [-0.25, -0.2) is 4.39 Å². The number of benzene rings is 3. The van der Waals surface area contributed by atoms with Crippen LogP contribution in [0.1, 0.15) is 43.6 Å². The first kappa shape index (κ1) is 25.0. The minimum absolute atomic E-state index is 0.113. The SMILES string of the molecule is CCOC1c2cc(NCc3cccc(Cl)c3)ccc2OC(C)(C)C1OCc1ccc(Br)cc1F. The van der Waals surface area contributed by atoms with Crippen molar-refractivity contribution >= 4 is 33.2 Å². The predicted octanol–water partition coefficient (Wildman–Crippen LogP) is 7.69. The van der Waals surface area contributed by atoms with Crippen molar-refractivity contribution in [2.45, 2.75) is 51.7 Å². The topological polar surface area (TPSA) is 39.7 Å². The van der Waals surface area contributed by atoms with Crippen LogP contribution in [0.2, 0.25) is 5.02 Å². The van der Waals surface area contributed by atoms with Gasteiger partial charge in [-0.05, 0) is 68.8 Å². The Kier molecular flexibility index (Phi) is 7.83. The molecule has 0 radical (unpaired) electrons. The standard InChI is InChI=1S/C27H28BrClFNO3/c1-4-32-25-22-14-21(31-15-17-6-5-7-20(29)12-17)10-11-24(22)34-27(2,3)26(25)33-16-18-8-9-19(28)13-23(18)30/h5-14,25-26,31H,4,15-16H2,1-3H3. The molecule has 1 aliphatic rings. The molecular formula is C27H28BrClFNO3. The van der Waals surface area contributed by atoms with Crippen LogP contribution in [0.5, 0.6) is 5.75 Å². The molecule has 2 atom stereocenters. The summed E-state index contributed by atoms with van der Waals surface area (Å²) in [6.07, 6.45) is -0.804. The third-order valence-corrected chi connectivity index (χ3v) is 6.54. The van der Waals surface area contributed by atoms with Crippen LogP contribution in [0, 0.1) is 5.82 Å². The van der Waals surface area contributed by atoms with Gasteiger partial charge in [0, 0.05) is 39.5 Å². The molecule has 0 aliphatic carbocycles. The molecule has 34 heavy (non-hydrogen) atoms. The molecule has 1 N–H and O–H groups in total. The fraction of sp³-hybridized carbons (Fsp3) is 0.333. The van der Waals surface area contributed by atoms with Gasteiger partial charge in [-0.1, -0.05) is 45.7 Å². The number of anilines is 1. The van der Waals surface area contributed by atoms with Crippen molar-refractivity contribution in [2.24, 2.45) is 0 Å². The maximum Gasteiger partial charge on any atom is 0.132 e. The number of rotatable bonds is 8. The average Bonchev–Trinajstić information content (AvgIpc) is 2.78. The highest BCUT2D eigenvalue weighted by Crippen LogP contribution is 2.44. The Morgan fingerprint density at radius 1 is 1.09 bits per heavy atom. The first-order valence-corrected chi connectivity index (χ1v) is 12.4. The van der Waals surface area contributed by atoms with E-state index >= 15 is 0 Å². The Labute approximate surface area is 213 Å². The lowest BCUT2D eigenvalue weighted by Gasteiger charge is -2.44. The molecule has 4 nitrogen and oxygen atoms in total. The maximum absolute atomic E-state index is 14.4. The number of hydrogen-bond donors (Lipinski definition) is 1. The van der Waals surface area contributed by atoms with Crippen molar-refractivity contribution in [3.05, 3.63) is 92.7 Å². The number of ether oxygens (including phenoxy) is 3. The van der Waals surface area contributed by atoms with Crippen LogP contribution in [-0.2, 0) is 22.6 Å². The zero-order valence-electron chi connectivity index (χ0n) is 19.4. The summed E-state index contributed by atoms with van der Waals surface area (Å²) >= 11 is 9.40. The van der Waals surface area contributed by atoms with E-state index in [-0.39, 0.29) is 18.5 Å². The van der Waals surface area contributed by atoms with Gasteiger partial charge >= 0.3 is 0 Å². The summed E-state index contributed by atoms with van der Waals surface area (Å²) in [5.41, 5.74) is 2.73. The molecule has 1 aliphatic heterocycles. The Hall–Kier alpha value is -2.12. The van der Waals surface area contributed by atoms with Gasteiger partial charge < -0.3 is 19.5 Å². The number of fused-ring (bicyclic) bond motifs is 1. The summed E-state index contributed by atoms with van der Waals surface area (Å²) in [5, 5.41) is 4.15. The second kappa shape index (κ2) is 10.6. The Balaban J connectivity index is 1.57. The summed E-state index contributed by atoms with van der Waals surface area (Å²) in [6, 6.07) is 18.7. The predicted molar refractivity (Wildman–Crippen MR) is 137 cm³/mol. The third-order valence-electron chi connectivity index (χ3n) is 5.81. The van der Waals surface area contributed by atoms with Crippen LogP contribution in [0.15, 0.2) is 65.1 Å². The van der Waals surface area contributed by atoms with E-state index in [4.69, 9.17) is 25.8 Å². The van der Waals surface area contributed by atoms with E-state index in [0.717, 1.165) is 22.6 Å². The van der Waals surface area contributed by atoms with Crippen molar-refractivity contribution in [1.29, 1.82) is 0 Å². The van der Waals surface area contributed by atoms with Crippen LogP contribution in [0.4, 0.5) is 10.1 Å². The van der Waals surface area contributed by atoms with Gasteiger partial charge in [0.2, 0.25) is 0 Å². The normalized spacial score (nSPS) is 18.8. The molecule has 3 aromatic carbocycles. The molecule has 2 unspecified atom stereocenters. The second-order valence-corrected chi connectivity index (χ2v) is 10.1. The summed E-state index contributed by atoms with van der Waals surface area (Å²) in [4.78, 5) is 0. The second-order valence-electron chi connectivity index (χ2n) is 8.78. The molecule has 0 saturated carbocycles. The highest BCUT2D eigenvalue weighted by molar-refractivity contribution is 9.10. The van der Waals surface area contributed by atoms with Crippen molar-refractivity contribution in [3.8, 4) is 5.75 Å². The molecular weight excluding hydrogens is 521 g/mol. The zero-order chi connectivity index (χ0) is 24.3. The molecule has 3 aromatic rings. The van der Waals surface area contributed by atoms with E-state index < -0.39 is 11.7 Å². The van der Waals surface area contributed by atoms with E-state index in [0.29, 0.717) is 28.2 Å². The number of hydrogen-bond acceptors (Lipinski definition) is 4. The first-order chi connectivity index (χ1) is 16.3. The van der Waals surface area contributed by atoms with Crippen molar-refractivity contribution in [1.82, 2.24) is 0 Å². The van der Waals surface area contributed by atoms with Gasteiger partial charge in [-0.2, -0.15) is 0 Å². The molecule has 0 saturated heterocycles. The van der Waals surface area contributed by atoms with Gasteiger partial charge in [-0.3, -0.25) is 0 Å². The van der Waals surface area contributed by atoms with Gasteiger partial charge in [0.15, 0.2) is 0 Å². The molecule has 0 spiro atoms. The van der Waals surface area contributed by atoms with E-state index in [9.17, 15) is 4.39 Å². The van der Waals surface area contributed by atoms with E-state index in [1.807, 2.05) is 63.2 Å². The van der Waals surface area contributed by atoms with E-state index in [2.05, 4.69) is 21.2 Å². The zero-order valence-corrected chi connectivity index (χ0v) is 21.8. The summed E-state index contributed by atoms with van der Waals surface area (Å²) in [5.74, 6) is 0.441. The largest absolute Gasteiger partial charge is 0.485 e. The summed E-state index contributed by atoms with van der Waals surface area (Å²) in [6.45, 7) is 7.14. The number of nitrogens with one attached hydrogen (secondary N) is 1. The van der Waals surface area contributed by atoms with Gasteiger partial charge in [0.25, 0.3) is 0 Å². The van der Waals surface area contributed by atoms with Gasteiger partial charge in [0.1, 0.15) is 29.4 Å². The fourth-order valence-corrected chi connectivity index (χ4v) is 4.70. The minimum Gasteiger partial charge on any atom is -0.485 e. The van der Waals surface area contributed by atoms with Crippen LogP contribution in [-0.4, -0.2) is 18.3 Å². The molecule has 7 heteroatoms. The van der Waals surface area contributed by atoms with Crippen LogP contribution < -0.4 is 10.1 Å². The molecule has 4 rings (SSSR count). The van der Waals surface area contributed by atoms with E-state index in [1.54, 1.807) is 12.1 Å². The van der Waals surface area contributed by atoms with Gasteiger partial charge in [0.05, 0.1) is 6.61 Å². The van der Waals surface area contributed by atoms with Gasteiger partial charge in [-0.15, -0.1) is 0 Å². The van der Waals surface area contributed by atoms with Crippen molar-refractivity contribution in [2.75, 3.05) is 11.9 Å². The smallest absolute Gasteiger partial charge is 0.132 e. The Bertz CT molecular complexity index is 1160. The summed E-state index contributed by atoms with van der Waals surface area (Å²) in [7, 11) is 0. The monoisotopic (exact) mass is 547 g/mol. The molecule has 0 aromatic heterocycles. The molecule has 1 heterocycles. The lowest BCUT2D eigenvalue weighted by atomic mass is 9.87. The fourth-order valence-electron chi connectivity index (χ4n) is 4.16. The molecule has 0 fully saturated rings. The molecule has 0 bridgehead atoms. The summed E-state index contributed by atoms with van der Waals surface area (Å²) < 4.78 is 33.9. The quantitative estimate of drug-likeness (QED) is 0.313. The average molecular weight is 549 g/mol. The highest BCUT2D eigenvalue weighted by Gasteiger charge is 2.45. The Morgan fingerprint density at radius 3 is 2.65 bits per heavy atom. The number of halogens is 3. The van der Waals surface area contributed by atoms with Crippen molar-refractivity contribution < 1.29 is 18.6 Å². The highest BCUT2D eigenvalue weighted by atomic mass is 79.9. The van der Waals surface area contributed by atoms with Crippen molar-refractivity contribution in [3.63, 3.8) is 0 Å². The molecule has 0 amide bonds. The van der Waals surface area contributed by atoms with Crippen LogP contribution >= 0.6 is 27.5 Å². The lowest BCUT2D eigenvalue weighted by Crippen LogP contribution is -2.51. The third kappa shape index (κ3) is 5.74. The van der Waals surface area contributed by atoms with Crippen LogP contribution in [0.3, 0.4) is 0 Å². The Morgan fingerprint density at radius 2 is 1.91 bits per heavy atom. The first-order valence-electron chi connectivity index (χ1n) is 11.2. The lowest BCUT2D eigenvalue weighted by molar-refractivity contribution is -0.166. The minimum atomic E-state index is -0.672. The molecule has 180 valence electrons. The van der Waals surface area contributed by atoms with E-state index in [1.165, 1.54) is 6.07 Å².